The lowest BCUT2D eigenvalue weighted by molar-refractivity contribution is -0.143. The van der Waals surface area contributed by atoms with Gasteiger partial charge in [0.1, 0.15) is 0 Å². The van der Waals surface area contributed by atoms with Crippen LogP contribution in [0.5, 0.6) is 0 Å². The first-order valence-electron chi connectivity index (χ1n) is 10.6. The number of para-hydroxylation sites is 1. The number of nitrogens with zero attached hydrogens (tertiary/aromatic N) is 1. The summed E-state index contributed by atoms with van der Waals surface area (Å²) in [5.74, 6) is -2.23. The number of carboxylic acid groups (broad SMARTS) is 2. The van der Waals surface area contributed by atoms with Crippen molar-refractivity contribution in [3.8, 4) is 0 Å². The van der Waals surface area contributed by atoms with E-state index in [9.17, 15) is 19.5 Å². The van der Waals surface area contributed by atoms with Gasteiger partial charge in [0.25, 0.3) is 5.91 Å². The van der Waals surface area contributed by atoms with E-state index in [0.29, 0.717) is 18.2 Å². The standard InChI is InChI=1S/C20H24N2O3.C4H6O4/c1-14(2)21-12-16(23)13-25-20-18-11-7-6-10-17(18)19(24)22(20)15-8-4-3-5-9-15;5-3(6)1-2-4(7)8/h3-11,14,16,20-21,23H,12-13H2,1-2H3;1-2H2,(H,5,6)(H,7,8). The highest BCUT2D eigenvalue weighted by Crippen LogP contribution is 2.38. The fourth-order valence-corrected chi connectivity index (χ4v) is 3.13. The van der Waals surface area contributed by atoms with Crippen molar-refractivity contribution in [1.29, 1.82) is 0 Å². The van der Waals surface area contributed by atoms with Crippen LogP contribution in [0.2, 0.25) is 0 Å². The van der Waals surface area contributed by atoms with Crippen LogP contribution in [0.4, 0.5) is 5.69 Å². The van der Waals surface area contributed by atoms with Crippen LogP contribution < -0.4 is 10.2 Å². The largest absolute Gasteiger partial charge is 0.481 e. The maximum Gasteiger partial charge on any atom is 0.303 e. The van der Waals surface area contributed by atoms with Crippen molar-refractivity contribution in [2.45, 2.75) is 45.1 Å². The molecule has 33 heavy (non-hydrogen) atoms. The number of carbonyl (C=O) groups is 3. The van der Waals surface area contributed by atoms with Crippen LogP contribution in [0.25, 0.3) is 0 Å². The SMILES string of the molecule is CC(C)NCC(O)COC1c2ccccc2C(=O)N1c1ccccc1.O=C(O)CCC(=O)O. The molecule has 2 aromatic rings. The topological polar surface area (TPSA) is 136 Å². The minimum Gasteiger partial charge on any atom is -0.481 e. The van der Waals surface area contributed by atoms with Crippen LogP contribution in [0.15, 0.2) is 54.6 Å². The normalized spacial score (nSPS) is 15.6. The van der Waals surface area contributed by atoms with Gasteiger partial charge in [-0.15, -0.1) is 0 Å². The van der Waals surface area contributed by atoms with Gasteiger partial charge in [-0.2, -0.15) is 0 Å². The van der Waals surface area contributed by atoms with E-state index < -0.39 is 24.3 Å². The number of amides is 1. The van der Waals surface area contributed by atoms with Gasteiger partial charge in [0.2, 0.25) is 0 Å². The van der Waals surface area contributed by atoms with Crippen molar-refractivity contribution >= 4 is 23.5 Å². The molecule has 4 N–H and O–H groups in total. The first-order chi connectivity index (χ1) is 15.7. The van der Waals surface area contributed by atoms with Gasteiger partial charge in [0.15, 0.2) is 6.23 Å². The molecule has 0 radical (unpaired) electrons. The maximum atomic E-state index is 12.8. The van der Waals surface area contributed by atoms with E-state index in [1.54, 1.807) is 4.90 Å². The average Bonchev–Trinajstić information content (AvgIpc) is 3.07. The Morgan fingerprint density at radius 2 is 1.58 bits per heavy atom. The molecule has 0 saturated heterocycles. The summed E-state index contributed by atoms with van der Waals surface area (Å²) in [6.45, 7) is 4.65. The van der Waals surface area contributed by atoms with E-state index in [4.69, 9.17) is 14.9 Å². The molecular weight excluding hydrogens is 428 g/mol. The number of carboxylic acids is 2. The Bertz CT molecular complexity index is 919. The number of hydrogen-bond acceptors (Lipinski definition) is 6. The third-order valence-corrected chi connectivity index (χ3v) is 4.71. The van der Waals surface area contributed by atoms with E-state index >= 15 is 0 Å². The molecule has 1 amide bonds. The molecule has 178 valence electrons. The van der Waals surface area contributed by atoms with Crippen molar-refractivity contribution in [3.05, 3.63) is 65.7 Å². The van der Waals surface area contributed by atoms with Crippen molar-refractivity contribution in [2.75, 3.05) is 18.1 Å². The second kappa shape index (κ2) is 12.7. The van der Waals surface area contributed by atoms with Crippen LogP contribution >= 0.6 is 0 Å². The lowest BCUT2D eigenvalue weighted by Crippen LogP contribution is -2.36. The molecule has 1 aliphatic heterocycles. The van der Waals surface area contributed by atoms with E-state index in [-0.39, 0.29) is 25.4 Å². The predicted octanol–water partition coefficient (Wildman–Crippen LogP) is 2.66. The molecule has 9 nitrogen and oxygen atoms in total. The molecule has 2 aromatic carbocycles. The van der Waals surface area contributed by atoms with Crippen molar-refractivity contribution in [3.63, 3.8) is 0 Å². The molecule has 0 fully saturated rings. The lowest BCUT2D eigenvalue weighted by atomic mass is 10.1. The lowest BCUT2D eigenvalue weighted by Gasteiger charge is -2.26. The number of ether oxygens (including phenoxy) is 1. The number of aliphatic hydroxyl groups is 1. The Labute approximate surface area is 192 Å². The van der Waals surface area contributed by atoms with Crippen molar-refractivity contribution in [1.82, 2.24) is 5.32 Å². The molecule has 3 rings (SSSR count). The summed E-state index contributed by atoms with van der Waals surface area (Å²) in [6.07, 6.45) is -1.76. The van der Waals surface area contributed by atoms with Crippen LogP contribution in [0.1, 0.15) is 48.8 Å². The quantitative estimate of drug-likeness (QED) is 0.427. The number of hydrogen-bond donors (Lipinski definition) is 4. The Kier molecular flexibility index (Phi) is 9.99. The number of rotatable bonds is 10. The molecule has 1 heterocycles. The first-order valence-corrected chi connectivity index (χ1v) is 10.6. The highest BCUT2D eigenvalue weighted by molar-refractivity contribution is 6.10. The molecule has 0 saturated carbocycles. The monoisotopic (exact) mass is 458 g/mol. The minimum atomic E-state index is -1.08. The Morgan fingerprint density at radius 3 is 2.15 bits per heavy atom. The highest BCUT2D eigenvalue weighted by atomic mass is 16.5. The van der Waals surface area contributed by atoms with Gasteiger partial charge in [-0.1, -0.05) is 50.2 Å². The second-order valence-corrected chi connectivity index (χ2v) is 7.79. The zero-order valence-corrected chi connectivity index (χ0v) is 18.7. The van der Waals surface area contributed by atoms with E-state index in [1.807, 2.05) is 68.4 Å². The predicted molar refractivity (Wildman–Crippen MR) is 122 cm³/mol. The number of fused-ring (bicyclic) bond motifs is 1. The highest BCUT2D eigenvalue weighted by Gasteiger charge is 2.38. The Hall–Kier alpha value is -3.27. The Balaban J connectivity index is 0.000000414. The zero-order valence-electron chi connectivity index (χ0n) is 18.7. The van der Waals surface area contributed by atoms with Gasteiger partial charge in [-0.25, -0.2) is 0 Å². The zero-order chi connectivity index (χ0) is 24.4. The molecule has 9 heteroatoms. The summed E-state index contributed by atoms with van der Waals surface area (Å²) in [5.41, 5.74) is 2.26. The fourth-order valence-electron chi connectivity index (χ4n) is 3.13. The molecule has 2 unspecified atom stereocenters. The Morgan fingerprint density at radius 1 is 1.00 bits per heavy atom. The number of anilines is 1. The summed E-state index contributed by atoms with van der Waals surface area (Å²) in [4.78, 5) is 33.8. The molecule has 0 spiro atoms. The van der Waals surface area contributed by atoms with Gasteiger partial charge in [-0.05, 0) is 18.2 Å². The third-order valence-electron chi connectivity index (χ3n) is 4.71. The van der Waals surface area contributed by atoms with Crippen LogP contribution in [0.3, 0.4) is 0 Å². The van der Waals surface area contributed by atoms with Gasteiger partial charge >= 0.3 is 11.9 Å². The average molecular weight is 459 g/mol. The molecule has 0 bridgehead atoms. The molecular formula is C24H30N2O7. The first kappa shape index (κ1) is 26.0. The number of benzene rings is 2. The fraction of sp³-hybridized carbons (Fsp3) is 0.375. The number of carbonyl (C=O) groups excluding carboxylic acids is 1. The molecule has 0 aromatic heterocycles. The van der Waals surface area contributed by atoms with Gasteiger partial charge < -0.3 is 25.4 Å². The summed E-state index contributed by atoms with van der Waals surface area (Å²) in [5, 5.41) is 29.1. The van der Waals surface area contributed by atoms with E-state index in [0.717, 1.165) is 11.3 Å². The van der Waals surface area contributed by atoms with Crippen molar-refractivity contribution < 1.29 is 34.4 Å². The number of aliphatic hydroxyl groups excluding tert-OH is 1. The third kappa shape index (κ3) is 7.98. The van der Waals surface area contributed by atoms with Gasteiger partial charge in [-0.3, -0.25) is 19.3 Å². The maximum absolute atomic E-state index is 12.8. The molecule has 1 aliphatic rings. The van der Waals surface area contributed by atoms with Crippen LogP contribution in [-0.2, 0) is 14.3 Å². The molecule has 0 aliphatic carbocycles. The minimum absolute atomic E-state index is 0.0819. The smallest absolute Gasteiger partial charge is 0.303 e. The summed E-state index contributed by atoms with van der Waals surface area (Å²) in [6, 6.07) is 17.2. The van der Waals surface area contributed by atoms with Crippen molar-refractivity contribution in [2.24, 2.45) is 0 Å². The number of aliphatic carboxylic acids is 2. The van der Waals surface area contributed by atoms with Crippen LogP contribution in [-0.4, -0.2) is 58.5 Å². The van der Waals surface area contributed by atoms with Crippen LogP contribution in [0, 0.1) is 0 Å². The molecule has 2 atom stereocenters. The summed E-state index contributed by atoms with van der Waals surface area (Å²) >= 11 is 0. The summed E-state index contributed by atoms with van der Waals surface area (Å²) < 4.78 is 5.98. The summed E-state index contributed by atoms with van der Waals surface area (Å²) in [7, 11) is 0. The van der Waals surface area contributed by atoms with Gasteiger partial charge in [0.05, 0.1) is 25.6 Å². The van der Waals surface area contributed by atoms with Gasteiger partial charge in [0, 0.05) is 29.4 Å². The van der Waals surface area contributed by atoms with E-state index in [1.165, 1.54) is 0 Å². The number of nitrogens with one attached hydrogen (secondary N) is 1. The second-order valence-electron chi connectivity index (χ2n) is 7.79. The van der Waals surface area contributed by atoms with E-state index in [2.05, 4.69) is 5.32 Å².